The Morgan fingerprint density at radius 2 is 1.82 bits per heavy atom. The van der Waals surface area contributed by atoms with Crippen molar-refractivity contribution in [3.8, 4) is 0 Å². The van der Waals surface area contributed by atoms with Crippen LogP contribution in [-0.4, -0.2) is 48.7 Å². The molecule has 4 aliphatic heterocycles. The molecule has 0 aliphatic carbocycles. The Bertz CT molecular complexity index is 322. The summed E-state index contributed by atoms with van der Waals surface area (Å²) in [6.45, 7) is 2.90. The molecular weight excluding hydrogens is 216 g/mol. The van der Waals surface area contributed by atoms with Crippen LogP contribution in [0.3, 0.4) is 0 Å². The summed E-state index contributed by atoms with van der Waals surface area (Å²) in [5.74, 6) is 1.62. The first-order chi connectivity index (χ1) is 8.33. The van der Waals surface area contributed by atoms with Crippen LogP contribution in [0, 0.1) is 11.8 Å². The third kappa shape index (κ3) is 1.47. The lowest BCUT2D eigenvalue weighted by molar-refractivity contribution is -0.132. The van der Waals surface area contributed by atoms with Crippen molar-refractivity contribution in [1.82, 2.24) is 10.2 Å². The molecule has 4 rings (SSSR count). The van der Waals surface area contributed by atoms with Crippen molar-refractivity contribution >= 4 is 5.91 Å². The molecule has 0 saturated carbocycles. The number of amides is 1. The number of ether oxygens (including phenoxy) is 1. The van der Waals surface area contributed by atoms with Gasteiger partial charge in [0.25, 0.3) is 0 Å². The molecule has 0 aromatic rings. The number of likely N-dealkylation sites (tertiary alicyclic amines) is 1. The largest absolute Gasteiger partial charge is 0.374 e. The molecule has 4 heteroatoms. The molecule has 5 atom stereocenters. The molecule has 17 heavy (non-hydrogen) atoms. The van der Waals surface area contributed by atoms with E-state index in [-0.39, 0.29) is 6.04 Å². The lowest BCUT2D eigenvalue weighted by Gasteiger charge is -2.22. The Morgan fingerprint density at radius 1 is 1.12 bits per heavy atom. The highest BCUT2D eigenvalue weighted by Crippen LogP contribution is 2.47. The van der Waals surface area contributed by atoms with Crippen LogP contribution in [0.5, 0.6) is 0 Å². The summed E-state index contributed by atoms with van der Waals surface area (Å²) < 4.78 is 5.94. The Morgan fingerprint density at radius 3 is 2.41 bits per heavy atom. The van der Waals surface area contributed by atoms with E-state index in [1.165, 1.54) is 12.8 Å². The molecule has 0 aromatic heterocycles. The molecular formula is C13H20N2O2. The second-order valence-electron chi connectivity index (χ2n) is 6.01. The van der Waals surface area contributed by atoms with E-state index < -0.39 is 0 Å². The lowest BCUT2D eigenvalue weighted by atomic mass is 9.82. The third-order valence-corrected chi connectivity index (χ3v) is 5.12. The minimum Gasteiger partial charge on any atom is -0.374 e. The van der Waals surface area contributed by atoms with Crippen LogP contribution in [0.2, 0.25) is 0 Å². The van der Waals surface area contributed by atoms with Gasteiger partial charge in [0.05, 0.1) is 18.2 Å². The van der Waals surface area contributed by atoms with Gasteiger partial charge in [0, 0.05) is 24.9 Å². The predicted octanol–water partition coefficient (Wildman–Crippen LogP) is 0.374. The van der Waals surface area contributed by atoms with Crippen LogP contribution in [0.1, 0.15) is 25.7 Å². The van der Waals surface area contributed by atoms with Crippen molar-refractivity contribution in [3.63, 3.8) is 0 Å². The number of hydrogen-bond donors (Lipinski definition) is 1. The molecule has 4 aliphatic rings. The van der Waals surface area contributed by atoms with Gasteiger partial charge in [0.1, 0.15) is 0 Å². The number of hydrogen-bond acceptors (Lipinski definition) is 3. The van der Waals surface area contributed by atoms with E-state index in [1.807, 2.05) is 0 Å². The van der Waals surface area contributed by atoms with Crippen molar-refractivity contribution in [3.05, 3.63) is 0 Å². The molecule has 5 unspecified atom stereocenters. The summed E-state index contributed by atoms with van der Waals surface area (Å²) >= 11 is 0. The minimum absolute atomic E-state index is 0.104. The van der Waals surface area contributed by atoms with Crippen molar-refractivity contribution < 1.29 is 9.53 Å². The highest BCUT2D eigenvalue weighted by molar-refractivity contribution is 5.82. The molecule has 2 bridgehead atoms. The van der Waals surface area contributed by atoms with E-state index in [4.69, 9.17) is 4.74 Å². The lowest BCUT2D eigenvalue weighted by Crippen LogP contribution is -2.43. The zero-order valence-electron chi connectivity index (χ0n) is 10.1. The number of fused-ring (bicyclic) bond motifs is 5. The Hall–Kier alpha value is -0.610. The minimum atomic E-state index is 0.104. The van der Waals surface area contributed by atoms with Crippen LogP contribution in [0.15, 0.2) is 0 Å². The molecule has 0 radical (unpaired) electrons. The fraction of sp³-hybridized carbons (Fsp3) is 0.923. The zero-order chi connectivity index (χ0) is 11.4. The number of rotatable bonds is 1. The van der Waals surface area contributed by atoms with Gasteiger partial charge in [-0.1, -0.05) is 0 Å². The van der Waals surface area contributed by atoms with Gasteiger partial charge in [-0.25, -0.2) is 0 Å². The second-order valence-corrected chi connectivity index (χ2v) is 6.01. The van der Waals surface area contributed by atoms with Crippen molar-refractivity contribution in [2.75, 3.05) is 19.6 Å². The summed E-state index contributed by atoms with van der Waals surface area (Å²) in [7, 11) is 0. The zero-order valence-corrected chi connectivity index (χ0v) is 10.1. The topological polar surface area (TPSA) is 41.6 Å². The SMILES string of the molecule is O=C(C1CCCN1)N1CC2C3CCC(O3)C2C1. The van der Waals surface area contributed by atoms with Gasteiger partial charge >= 0.3 is 0 Å². The number of nitrogens with one attached hydrogen (secondary N) is 1. The Balaban J connectivity index is 1.46. The molecule has 4 nitrogen and oxygen atoms in total. The summed E-state index contributed by atoms with van der Waals surface area (Å²) in [6.07, 6.45) is 5.52. The summed E-state index contributed by atoms with van der Waals surface area (Å²) in [5, 5.41) is 3.31. The van der Waals surface area contributed by atoms with E-state index >= 15 is 0 Å². The third-order valence-electron chi connectivity index (χ3n) is 5.12. The van der Waals surface area contributed by atoms with E-state index in [0.717, 1.165) is 32.5 Å². The Kier molecular flexibility index (Phi) is 2.24. The molecule has 94 valence electrons. The molecule has 4 saturated heterocycles. The van der Waals surface area contributed by atoms with Crippen LogP contribution in [0.4, 0.5) is 0 Å². The Labute approximate surface area is 102 Å². The summed E-state index contributed by atoms with van der Waals surface area (Å²) in [4.78, 5) is 14.4. The van der Waals surface area contributed by atoms with Crippen LogP contribution >= 0.6 is 0 Å². The normalized spacial score (nSPS) is 47.8. The average molecular weight is 236 g/mol. The first-order valence-electron chi connectivity index (χ1n) is 7.00. The molecule has 0 spiro atoms. The first kappa shape index (κ1) is 10.3. The molecule has 1 amide bonds. The second kappa shape index (κ2) is 3.69. The van der Waals surface area contributed by atoms with Gasteiger partial charge in [-0.05, 0) is 32.2 Å². The van der Waals surface area contributed by atoms with Crippen LogP contribution < -0.4 is 5.32 Å². The number of carbonyl (C=O) groups is 1. The van der Waals surface area contributed by atoms with E-state index in [1.54, 1.807) is 0 Å². The maximum atomic E-state index is 12.3. The van der Waals surface area contributed by atoms with Gasteiger partial charge in [-0.3, -0.25) is 4.79 Å². The number of nitrogens with zero attached hydrogens (tertiary/aromatic N) is 1. The van der Waals surface area contributed by atoms with Gasteiger partial charge in [-0.2, -0.15) is 0 Å². The van der Waals surface area contributed by atoms with Crippen molar-refractivity contribution in [1.29, 1.82) is 0 Å². The smallest absolute Gasteiger partial charge is 0.239 e. The van der Waals surface area contributed by atoms with E-state index in [9.17, 15) is 4.79 Å². The maximum absolute atomic E-state index is 12.3. The molecule has 1 N–H and O–H groups in total. The fourth-order valence-corrected chi connectivity index (χ4v) is 4.26. The maximum Gasteiger partial charge on any atom is 0.239 e. The molecule has 4 heterocycles. The van der Waals surface area contributed by atoms with Gasteiger partial charge in [0.15, 0.2) is 0 Å². The molecule has 0 aromatic carbocycles. The standard InChI is InChI=1S/C13H20N2O2/c16-13(10-2-1-5-14-10)15-6-8-9(7-15)12-4-3-11(8)17-12/h8-12,14H,1-7H2. The highest BCUT2D eigenvalue weighted by atomic mass is 16.5. The molecule has 4 fully saturated rings. The van der Waals surface area contributed by atoms with Gasteiger partial charge in [-0.15, -0.1) is 0 Å². The van der Waals surface area contributed by atoms with Crippen molar-refractivity contribution in [2.24, 2.45) is 11.8 Å². The predicted molar refractivity (Wildman–Crippen MR) is 62.5 cm³/mol. The fourth-order valence-electron chi connectivity index (χ4n) is 4.26. The van der Waals surface area contributed by atoms with Crippen LogP contribution in [0.25, 0.3) is 0 Å². The highest BCUT2D eigenvalue weighted by Gasteiger charge is 2.54. The summed E-state index contributed by atoms with van der Waals surface area (Å²) in [6, 6.07) is 0.104. The van der Waals surface area contributed by atoms with Gasteiger partial charge in [0.2, 0.25) is 5.91 Å². The van der Waals surface area contributed by atoms with Gasteiger partial charge < -0.3 is 15.0 Å². The summed E-state index contributed by atoms with van der Waals surface area (Å²) in [5.41, 5.74) is 0. The monoisotopic (exact) mass is 236 g/mol. The van der Waals surface area contributed by atoms with E-state index in [2.05, 4.69) is 10.2 Å². The van der Waals surface area contributed by atoms with Crippen molar-refractivity contribution in [2.45, 2.75) is 43.9 Å². The number of carbonyl (C=O) groups excluding carboxylic acids is 1. The average Bonchev–Trinajstić information content (AvgIpc) is 3.10. The van der Waals surface area contributed by atoms with Crippen LogP contribution in [-0.2, 0) is 9.53 Å². The quantitative estimate of drug-likeness (QED) is 0.715. The first-order valence-corrected chi connectivity index (χ1v) is 7.00. The van der Waals surface area contributed by atoms with E-state index in [0.29, 0.717) is 30.0 Å².